The van der Waals surface area contributed by atoms with Gasteiger partial charge in [-0.05, 0) is 62.6 Å². The lowest BCUT2D eigenvalue weighted by molar-refractivity contribution is -0.130. The van der Waals surface area contributed by atoms with E-state index in [-0.39, 0.29) is 0 Å². The standard InChI is InChI=1S/C22H29NO3/c24-22(23-15-9-10-16-23)12-8-6-4-2-1-3-5-7-11-19-13-14-20-21(17-19)26-18-25-20/h4,6-7,11,13-14,17H,1-3,5,8-10,12,15-16,18H2/b6-4+,11-7+. The van der Waals surface area contributed by atoms with Crippen LogP contribution in [-0.2, 0) is 4.79 Å². The molecular weight excluding hydrogens is 326 g/mol. The van der Waals surface area contributed by atoms with E-state index in [1.54, 1.807) is 0 Å². The zero-order chi connectivity index (χ0) is 18.0. The number of fused-ring (bicyclic) bond motifs is 1. The van der Waals surface area contributed by atoms with E-state index in [2.05, 4.69) is 30.4 Å². The van der Waals surface area contributed by atoms with Gasteiger partial charge in [-0.25, -0.2) is 0 Å². The maximum Gasteiger partial charge on any atom is 0.231 e. The van der Waals surface area contributed by atoms with Gasteiger partial charge in [0.25, 0.3) is 0 Å². The molecule has 0 spiro atoms. The molecule has 2 aliphatic rings. The van der Waals surface area contributed by atoms with Crippen LogP contribution in [-0.4, -0.2) is 30.7 Å². The number of ether oxygens (including phenoxy) is 2. The predicted molar refractivity (Wildman–Crippen MR) is 104 cm³/mol. The van der Waals surface area contributed by atoms with Crippen LogP contribution >= 0.6 is 0 Å². The third kappa shape index (κ3) is 5.65. The summed E-state index contributed by atoms with van der Waals surface area (Å²) in [4.78, 5) is 13.9. The number of carbonyl (C=O) groups is 1. The van der Waals surface area contributed by atoms with E-state index in [1.807, 2.05) is 17.0 Å². The molecular formula is C22H29NO3. The van der Waals surface area contributed by atoms with Crippen molar-refractivity contribution in [3.63, 3.8) is 0 Å². The van der Waals surface area contributed by atoms with Crippen LogP contribution in [0.15, 0.2) is 36.4 Å². The van der Waals surface area contributed by atoms with Gasteiger partial charge < -0.3 is 14.4 Å². The van der Waals surface area contributed by atoms with Crippen LogP contribution in [0.2, 0.25) is 0 Å². The summed E-state index contributed by atoms with van der Waals surface area (Å²) in [5.41, 5.74) is 1.15. The molecule has 0 unspecified atom stereocenters. The molecule has 0 atom stereocenters. The van der Waals surface area contributed by atoms with E-state index in [0.717, 1.165) is 49.4 Å². The van der Waals surface area contributed by atoms with Gasteiger partial charge in [0.15, 0.2) is 11.5 Å². The van der Waals surface area contributed by atoms with Gasteiger partial charge in [0.2, 0.25) is 12.7 Å². The van der Waals surface area contributed by atoms with E-state index < -0.39 is 0 Å². The molecule has 1 aromatic carbocycles. The quantitative estimate of drug-likeness (QED) is 0.465. The number of hydrogen-bond acceptors (Lipinski definition) is 3. The number of carbonyl (C=O) groups excluding carboxylic acids is 1. The molecule has 0 radical (unpaired) electrons. The molecule has 3 rings (SSSR count). The number of allylic oxidation sites excluding steroid dienone is 3. The topological polar surface area (TPSA) is 38.8 Å². The first kappa shape index (κ1) is 18.6. The predicted octanol–water partition coefficient (Wildman–Crippen LogP) is 4.95. The third-order valence-electron chi connectivity index (χ3n) is 4.85. The summed E-state index contributed by atoms with van der Waals surface area (Å²) in [5, 5.41) is 0. The van der Waals surface area contributed by atoms with Gasteiger partial charge in [0, 0.05) is 19.5 Å². The second-order valence-corrected chi connectivity index (χ2v) is 6.90. The summed E-state index contributed by atoms with van der Waals surface area (Å²) < 4.78 is 10.7. The molecule has 0 bridgehead atoms. The molecule has 1 amide bonds. The average Bonchev–Trinajstić information content (AvgIpc) is 3.34. The Kier molecular flexibility index (Phi) is 7.17. The second-order valence-electron chi connectivity index (χ2n) is 6.90. The minimum atomic E-state index is 0.320. The number of amides is 1. The molecule has 2 aliphatic heterocycles. The highest BCUT2D eigenvalue weighted by molar-refractivity contribution is 5.76. The lowest BCUT2D eigenvalue weighted by atomic mass is 10.1. The van der Waals surface area contributed by atoms with Crippen LogP contribution in [0.4, 0.5) is 0 Å². The molecule has 0 aromatic heterocycles. The van der Waals surface area contributed by atoms with Crippen LogP contribution in [0.5, 0.6) is 11.5 Å². The number of benzene rings is 1. The van der Waals surface area contributed by atoms with E-state index >= 15 is 0 Å². The number of unbranched alkanes of at least 4 members (excludes halogenated alkanes) is 3. The van der Waals surface area contributed by atoms with Crippen molar-refractivity contribution < 1.29 is 14.3 Å². The smallest absolute Gasteiger partial charge is 0.231 e. The van der Waals surface area contributed by atoms with Crippen molar-refractivity contribution in [3.05, 3.63) is 42.0 Å². The fraction of sp³-hybridized carbons (Fsp3) is 0.500. The summed E-state index contributed by atoms with van der Waals surface area (Å²) in [5.74, 6) is 1.98. The van der Waals surface area contributed by atoms with Crippen molar-refractivity contribution in [3.8, 4) is 11.5 Å². The van der Waals surface area contributed by atoms with Crippen LogP contribution in [0.25, 0.3) is 6.08 Å². The Morgan fingerprint density at radius 1 is 0.962 bits per heavy atom. The van der Waals surface area contributed by atoms with Gasteiger partial charge in [0.05, 0.1) is 0 Å². The van der Waals surface area contributed by atoms with E-state index in [4.69, 9.17) is 9.47 Å². The van der Waals surface area contributed by atoms with E-state index in [9.17, 15) is 4.79 Å². The zero-order valence-corrected chi connectivity index (χ0v) is 15.5. The third-order valence-corrected chi connectivity index (χ3v) is 4.85. The number of nitrogens with zero attached hydrogens (tertiary/aromatic N) is 1. The Morgan fingerprint density at radius 3 is 2.54 bits per heavy atom. The first-order valence-electron chi connectivity index (χ1n) is 9.82. The average molecular weight is 355 g/mol. The summed E-state index contributed by atoms with van der Waals surface area (Å²) in [7, 11) is 0. The maximum absolute atomic E-state index is 11.9. The van der Waals surface area contributed by atoms with Crippen LogP contribution in [0, 0.1) is 0 Å². The monoisotopic (exact) mass is 355 g/mol. The highest BCUT2D eigenvalue weighted by atomic mass is 16.7. The van der Waals surface area contributed by atoms with Gasteiger partial charge in [0.1, 0.15) is 0 Å². The van der Waals surface area contributed by atoms with Crippen molar-refractivity contribution >= 4 is 12.0 Å². The molecule has 2 heterocycles. The minimum Gasteiger partial charge on any atom is -0.454 e. The first-order chi connectivity index (χ1) is 12.8. The molecule has 26 heavy (non-hydrogen) atoms. The molecule has 4 nitrogen and oxygen atoms in total. The Balaban J connectivity index is 1.22. The normalized spacial score (nSPS) is 16.2. The molecule has 0 saturated carbocycles. The first-order valence-corrected chi connectivity index (χ1v) is 9.82. The van der Waals surface area contributed by atoms with E-state index in [0.29, 0.717) is 19.1 Å². The molecule has 140 valence electrons. The second kappa shape index (κ2) is 10.0. The molecule has 1 saturated heterocycles. The zero-order valence-electron chi connectivity index (χ0n) is 15.5. The van der Waals surface area contributed by atoms with Crippen molar-refractivity contribution in [2.75, 3.05) is 19.9 Å². The molecule has 4 heteroatoms. The Morgan fingerprint density at radius 2 is 1.69 bits per heavy atom. The molecule has 1 aromatic rings. The lowest BCUT2D eigenvalue weighted by Gasteiger charge is -2.13. The van der Waals surface area contributed by atoms with Gasteiger partial charge in [-0.1, -0.05) is 30.4 Å². The van der Waals surface area contributed by atoms with Crippen LogP contribution in [0.1, 0.15) is 56.9 Å². The molecule has 0 aliphatic carbocycles. The highest BCUT2D eigenvalue weighted by Gasteiger charge is 2.16. The summed E-state index contributed by atoms with van der Waals surface area (Å²) >= 11 is 0. The Bertz CT molecular complexity index is 645. The number of rotatable bonds is 9. The van der Waals surface area contributed by atoms with E-state index in [1.165, 1.54) is 25.7 Å². The van der Waals surface area contributed by atoms with Crippen molar-refractivity contribution in [2.45, 2.75) is 51.4 Å². The maximum atomic E-state index is 11.9. The van der Waals surface area contributed by atoms with Crippen LogP contribution in [0.3, 0.4) is 0 Å². The Labute approximate surface area is 156 Å². The summed E-state index contributed by atoms with van der Waals surface area (Å²) in [6.45, 7) is 2.24. The van der Waals surface area contributed by atoms with Crippen molar-refractivity contribution in [2.24, 2.45) is 0 Å². The van der Waals surface area contributed by atoms with Gasteiger partial charge in [-0.15, -0.1) is 0 Å². The highest BCUT2D eigenvalue weighted by Crippen LogP contribution is 2.32. The van der Waals surface area contributed by atoms with Crippen molar-refractivity contribution in [1.29, 1.82) is 0 Å². The molecule has 0 N–H and O–H groups in total. The molecule has 1 fully saturated rings. The minimum absolute atomic E-state index is 0.320. The van der Waals surface area contributed by atoms with Crippen LogP contribution < -0.4 is 9.47 Å². The van der Waals surface area contributed by atoms with Gasteiger partial charge >= 0.3 is 0 Å². The number of likely N-dealkylation sites (tertiary alicyclic amines) is 1. The summed E-state index contributed by atoms with van der Waals surface area (Å²) in [6.07, 6.45) is 17.2. The van der Waals surface area contributed by atoms with Gasteiger partial charge in [-0.3, -0.25) is 4.79 Å². The SMILES string of the molecule is O=C(CC/C=C/CCCC/C=C/c1ccc2c(c1)OCO2)N1CCCC1. The largest absolute Gasteiger partial charge is 0.454 e. The summed E-state index contributed by atoms with van der Waals surface area (Å²) in [6, 6.07) is 6.03. The Hall–Kier alpha value is -2.23. The number of hydrogen-bond donors (Lipinski definition) is 0. The van der Waals surface area contributed by atoms with Gasteiger partial charge in [-0.2, -0.15) is 0 Å². The fourth-order valence-electron chi connectivity index (χ4n) is 3.33. The fourth-order valence-corrected chi connectivity index (χ4v) is 3.33. The van der Waals surface area contributed by atoms with Crippen molar-refractivity contribution in [1.82, 2.24) is 4.90 Å². The lowest BCUT2D eigenvalue weighted by Crippen LogP contribution is -2.27.